The Morgan fingerprint density at radius 2 is 2.23 bits per heavy atom. The van der Waals surface area contributed by atoms with Gasteiger partial charge in [0.25, 0.3) is 0 Å². The average Bonchev–Trinajstić information content (AvgIpc) is 2.84. The van der Waals surface area contributed by atoms with Gasteiger partial charge in [0.1, 0.15) is 0 Å². The summed E-state index contributed by atoms with van der Waals surface area (Å²) >= 11 is 0. The minimum absolute atomic E-state index is 0.132. The zero-order valence-corrected chi connectivity index (χ0v) is 8.60. The maximum absolute atomic E-state index is 11.3. The van der Waals surface area contributed by atoms with E-state index in [0.717, 1.165) is 12.8 Å². The molecule has 0 saturated heterocycles. The number of carbonyl (C=O) groups is 1. The van der Waals surface area contributed by atoms with Gasteiger partial charge in [-0.2, -0.15) is 0 Å². The van der Waals surface area contributed by atoms with E-state index in [2.05, 4.69) is 24.5 Å². The normalized spacial score (nSPS) is 18.3. The van der Waals surface area contributed by atoms with E-state index in [1.807, 2.05) is 0 Å². The van der Waals surface area contributed by atoms with E-state index in [1.54, 1.807) is 0 Å². The lowest BCUT2D eigenvalue weighted by atomic mass is 10.2. The molecule has 1 aliphatic rings. The van der Waals surface area contributed by atoms with Crippen LogP contribution in [0.15, 0.2) is 0 Å². The second kappa shape index (κ2) is 5.22. The van der Waals surface area contributed by atoms with E-state index >= 15 is 0 Å². The minimum atomic E-state index is 0.132. The Hall–Kier alpha value is -0.570. The molecule has 0 radical (unpaired) electrons. The molecule has 0 aromatic carbocycles. The van der Waals surface area contributed by atoms with Gasteiger partial charge in [0.05, 0.1) is 6.54 Å². The van der Waals surface area contributed by atoms with Crippen molar-refractivity contribution in [2.24, 2.45) is 0 Å². The fourth-order valence-electron chi connectivity index (χ4n) is 1.36. The summed E-state index contributed by atoms with van der Waals surface area (Å²) in [5, 5.41) is 6.15. The lowest BCUT2D eigenvalue weighted by molar-refractivity contribution is -0.120. The van der Waals surface area contributed by atoms with Gasteiger partial charge in [0.15, 0.2) is 0 Å². The van der Waals surface area contributed by atoms with Gasteiger partial charge >= 0.3 is 0 Å². The molecule has 0 bridgehead atoms. The third-order valence-corrected chi connectivity index (χ3v) is 2.26. The second-order valence-corrected chi connectivity index (χ2v) is 3.91. The van der Waals surface area contributed by atoms with Gasteiger partial charge in [-0.25, -0.2) is 0 Å². The van der Waals surface area contributed by atoms with Crippen LogP contribution in [0.25, 0.3) is 0 Å². The van der Waals surface area contributed by atoms with Crippen molar-refractivity contribution in [2.75, 3.05) is 6.54 Å². The van der Waals surface area contributed by atoms with Crippen molar-refractivity contribution in [2.45, 2.75) is 51.6 Å². The summed E-state index contributed by atoms with van der Waals surface area (Å²) in [4.78, 5) is 11.3. The fourth-order valence-corrected chi connectivity index (χ4v) is 1.36. The van der Waals surface area contributed by atoms with Gasteiger partial charge in [-0.1, -0.05) is 13.3 Å². The molecule has 1 aliphatic carbocycles. The van der Waals surface area contributed by atoms with Gasteiger partial charge in [0.2, 0.25) is 5.91 Å². The lowest BCUT2D eigenvalue weighted by Crippen LogP contribution is -2.39. The number of hydrogen-bond donors (Lipinski definition) is 2. The number of nitrogens with one attached hydrogen (secondary N) is 2. The molecule has 1 atom stereocenters. The molecule has 1 unspecified atom stereocenters. The van der Waals surface area contributed by atoms with Crippen molar-refractivity contribution >= 4 is 5.91 Å². The third kappa shape index (κ3) is 4.88. The summed E-state index contributed by atoms with van der Waals surface area (Å²) in [5.41, 5.74) is 0. The van der Waals surface area contributed by atoms with Gasteiger partial charge in [0, 0.05) is 12.1 Å². The standard InChI is InChI=1S/C10H20N2O/c1-3-4-8(2)12-10(13)7-11-9-5-6-9/h8-9,11H,3-7H2,1-2H3,(H,12,13). The van der Waals surface area contributed by atoms with Gasteiger partial charge in [-0.05, 0) is 26.2 Å². The van der Waals surface area contributed by atoms with Crippen molar-refractivity contribution < 1.29 is 4.79 Å². The van der Waals surface area contributed by atoms with E-state index < -0.39 is 0 Å². The lowest BCUT2D eigenvalue weighted by Gasteiger charge is -2.12. The van der Waals surface area contributed by atoms with Crippen molar-refractivity contribution in [3.05, 3.63) is 0 Å². The molecule has 0 aliphatic heterocycles. The van der Waals surface area contributed by atoms with Crippen molar-refractivity contribution in [1.29, 1.82) is 0 Å². The SMILES string of the molecule is CCCC(C)NC(=O)CNC1CC1. The van der Waals surface area contributed by atoms with E-state index in [4.69, 9.17) is 0 Å². The van der Waals surface area contributed by atoms with Crippen LogP contribution >= 0.6 is 0 Å². The molecule has 0 aromatic heterocycles. The van der Waals surface area contributed by atoms with Crippen LogP contribution < -0.4 is 10.6 Å². The Kier molecular flexibility index (Phi) is 4.22. The first-order valence-corrected chi connectivity index (χ1v) is 5.25. The molecule has 1 amide bonds. The molecule has 0 spiro atoms. The molecule has 1 fully saturated rings. The highest BCUT2D eigenvalue weighted by molar-refractivity contribution is 5.78. The highest BCUT2D eigenvalue weighted by Crippen LogP contribution is 2.17. The molecular weight excluding hydrogens is 164 g/mol. The number of hydrogen-bond acceptors (Lipinski definition) is 2. The molecule has 2 N–H and O–H groups in total. The van der Waals surface area contributed by atoms with Crippen LogP contribution in [0.5, 0.6) is 0 Å². The van der Waals surface area contributed by atoms with E-state index in [0.29, 0.717) is 18.6 Å². The Balaban J connectivity index is 2.01. The van der Waals surface area contributed by atoms with Gasteiger partial charge < -0.3 is 10.6 Å². The van der Waals surface area contributed by atoms with Crippen LogP contribution in [0.2, 0.25) is 0 Å². The molecule has 13 heavy (non-hydrogen) atoms. The summed E-state index contributed by atoms with van der Waals surface area (Å²) in [6.07, 6.45) is 4.66. The first-order chi connectivity index (χ1) is 6.22. The predicted octanol–water partition coefficient (Wildman–Crippen LogP) is 1.04. The zero-order valence-electron chi connectivity index (χ0n) is 8.60. The first kappa shape index (κ1) is 10.5. The Morgan fingerprint density at radius 1 is 1.54 bits per heavy atom. The first-order valence-electron chi connectivity index (χ1n) is 5.25. The molecule has 0 heterocycles. The summed E-state index contributed by atoms with van der Waals surface area (Å²) < 4.78 is 0. The minimum Gasteiger partial charge on any atom is -0.353 e. The molecule has 3 heteroatoms. The van der Waals surface area contributed by atoms with Crippen molar-refractivity contribution in [3.63, 3.8) is 0 Å². The molecular formula is C10H20N2O. The zero-order chi connectivity index (χ0) is 9.68. The van der Waals surface area contributed by atoms with Crippen molar-refractivity contribution in [3.8, 4) is 0 Å². The van der Waals surface area contributed by atoms with Gasteiger partial charge in [-0.3, -0.25) is 4.79 Å². The quantitative estimate of drug-likeness (QED) is 0.647. The second-order valence-electron chi connectivity index (χ2n) is 3.91. The third-order valence-electron chi connectivity index (χ3n) is 2.26. The van der Waals surface area contributed by atoms with E-state index in [1.165, 1.54) is 12.8 Å². The summed E-state index contributed by atoms with van der Waals surface area (Å²) in [6.45, 7) is 4.67. The van der Waals surface area contributed by atoms with E-state index in [9.17, 15) is 4.79 Å². The van der Waals surface area contributed by atoms with Crippen LogP contribution in [0.4, 0.5) is 0 Å². The monoisotopic (exact) mass is 184 g/mol. The number of amides is 1. The predicted molar refractivity (Wildman–Crippen MR) is 53.5 cm³/mol. The molecule has 1 saturated carbocycles. The highest BCUT2D eigenvalue weighted by atomic mass is 16.1. The maximum atomic E-state index is 11.3. The summed E-state index contributed by atoms with van der Waals surface area (Å²) in [7, 11) is 0. The molecule has 0 aromatic rings. The number of rotatable bonds is 6. The van der Waals surface area contributed by atoms with Crippen LogP contribution in [-0.4, -0.2) is 24.5 Å². The van der Waals surface area contributed by atoms with E-state index in [-0.39, 0.29) is 5.91 Å². The summed E-state index contributed by atoms with van der Waals surface area (Å²) in [6, 6.07) is 0.936. The molecule has 3 nitrogen and oxygen atoms in total. The Bertz CT molecular complexity index is 166. The van der Waals surface area contributed by atoms with Crippen molar-refractivity contribution in [1.82, 2.24) is 10.6 Å². The average molecular weight is 184 g/mol. The molecule has 1 rings (SSSR count). The summed E-state index contributed by atoms with van der Waals surface area (Å²) in [5.74, 6) is 0.132. The largest absolute Gasteiger partial charge is 0.353 e. The Labute approximate surface area is 80.3 Å². The van der Waals surface area contributed by atoms with Crippen LogP contribution in [0.1, 0.15) is 39.5 Å². The van der Waals surface area contributed by atoms with Crippen LogP contribution in [-0.2, 0) is 4.79 Å². The van der Waals surface area contributed by atoms with Crippen LogP contribution in [0.3, 0.4) is 0 Å². The van der Waals surface area contributed by atoms with Gasteiger partial charge in [-0.15, -0.1) is 0 Å². The highest BCUT2D eigenvalue weighted by Gasteiger charge is 2.21. The maximum Gasteiger partial charge on any atom is 0.234 e. The molecule has 76 valence electrons. The Morgan fingerprint density at radius 3 is 2.77 bits per heavy atom. The topological polar surface area (TPSA) is 41.1 Å². The number of carbonyl (C=O) groups excluding carboxylic acids is 1. The van der Waals surface area contributed by atoms with Crippen LogP contribution in [0, 0.1) is 0 Å². The fraction of sp³-hybridized carbons (Fsp3) is 0.900. The smallest absolute Gasteiger partial charge is 0.234 e.